The Kier molecular flexibility index (Phi) is 5.67. The summed E-state index contributed by atoms with van der Waals surface area (Å²) in [6.45, 7) is 3.89. The molecule has 0 unspecified atom stereocenters. The van der Waals surface area contributed by atoms with Crippen LogP contribution in [-0.2, 0) is 4.79 Å². The number of hydrogen-bond acceptors (Lipinski definition) is 3. The van der Waals surface area contributed by atoms with Crippen LogP contribution in [0.2, 0.25) is 0 Å². The second-order valence-corrected chi connectivity index (χ2v) is 5.97. The standard InChI is InChI=1S/C18H16BrN3O/c1-12-6-8-14(9-7-12)13(2)21-18(23)15(11-20)10-16-4-3-5-17(19)22-16/h3-10,13H,1-2H3,(H,21,23)/b15-10+/t13-/m0/s1. The molecule has 2 rings (SSSR count). The molecule has 1 N–H and O–H groups in total. The third-order valence-electron chi connectivity index (χ3n) is 3.32. The first-order chi connectivity index (χ1) is 11.0. The predicted octanol–water partition coefficient (Wildman–Crippen LogP) is 3.94. The van der Waals surface area contributed by atoms with Crippen molar-refractivity contribution in [2.24, 2.45) is 0 Å². The van der Waals surface area contributed by atoms with Gasteiger partial charge in [-0.05, 0) is 53.5 Å². The average Bonchev–Trinajstić information content (AvgIpc) is 2.53. The fourth-order valence-corrected chi connectivity index (χ4v) is 2.37. The van der Waals surface area contributed by atoms with Crippen LogP contribution in [-0.4, -0.2) is 10.9 Å². The largest absolute Gasteiger partial charge is 0.345 e. The van der Waals surface area contributed by atoms with Crippen molar-refractivity contribution < 1.29 is 4.79 Å². The van der Waals surface area contributed by atoms with E-state index in [1.165, 1.54) is 6.08 Å². The molecular weight excluding hydrogens is 354 g/mol. The fourth-order valence-electron chi connectivity index (χ4n) is 2.01. The molecule has 0 saturated heterocycles. The van der Waals surface area contributed by atoms with Crippen molar-refractivity contribution in [2.75, 3.05) is 0 Å². The highest BCUT2D eigenvalue weighted by Gasteiger charge is 2.14. The first-order valence-corrected chi connectivity index (χ1v) is 7.90. The number of aromatic nitrogens is 1. The first-order valence-electron chi connectivity index (χ1n) is 7.11. The Morgan fingerprint density at radius 2 is 2.00 bits per heavy atom. The van der Waals surface area contributed by atoms with Gasteiger partial charge in [0.2, 0.25) is 0 Å². The molecule has 0 aliphatic heterocycles. The van der Waals surface area contributed by atoms with E-state index >= 15 is 0 Å². The average molecular weight is 370 g/mol. The number of nitriles is 1. The van der Waals surface area contributed by atoms with Crippen LogP contribution >= 0.6 is 15.9 Å². The van der Waals surface area contributed by atoms with Gasteiger partial charge in [-0.25, -0.2) is 4.98 Å². The highest BCUT2D eigenvalue weighted by atomic mass is 79.9. The van der Waals surface area contributed by atoms with Crippen molar-refractivity contribution in [3.63, 3.8) is 0 Å². The van der Waals surface area contributed by atoms with E-state index in [9.17, 15) is 10.1 Å². The summed E-state index contributed by atoms with van der Waals surface area (Å²) in [6.07, 6.45) is 1.47. The summed E-state index contributed by atoms with van der Waals surface area (Å²) < 4.78 is 0.650. The van der Waals surface area contributed by atoms with Gasteiger partial charge in [0.15, 0.2) is 0 Å². The minimum atomic E-state index is -0.414. The molecule has 1 amide bonds. The minimum Gasteiger partial charge on any atom is -0.345 e. The van der Waals surface area contributed by atoms with Crippen LogP contribution in [0.1, 0.15) is 29.8 Å². The van der Waals surface area contributed by atoms with Gasteiger partial charge in [0.25, 0.3) is 5.91 Å². The van der Waals surface area contributed by atoms with Crippen LogP contribution in [0.5, 0.6) is 0 Å². The molecule has 116 valence electrons. The molecule has 1 aromatic carbocycles. The monoisotopic (exact) mass is 369 g/mol. The molecule has 0 saturated carbocycles. The number of amides is 1. The van der Waals surface area contributed by atoms with Crippen LogP contribution in [0.4, 0.5) is 0 Å². The predicted molar refractivity (Wildman–Crippen MR) is 93.3 cm³/mol. The Hall–Kier alpha value is -2.45. The van der Waals surface area contributed by atoms with Gasteiger partial charge in [0, 0.05) is 0 Å². The molecule has 1 atom stereocenters. The van der Waals surface area contributed by atoms with Gasteiger partial charge in [-0.15, -0.1) is 0 Å². The first kappa shape index (κ1) is 16.9. The van der Waals surface area contributed by atoms with Gasteiger partial charge in [0.05, 0.1) is 11.7 Å². The van der Waals surface area contributed by atoms with Gasteiger partial charge in [-0.3, -0.25) is 4.79 Å². The van der Waals surface area contributed by atoms with E-state index in [1.54, 1.807) is 18.2 Å². The van der Waals surface area contributed by atoms with Crippen molar-refractivity contribution >= 4 is 27.9 Å². The van der Waals surface area contributed by atoms with E-state index in [0.717, 1.165) is 11.1 Å². The lowest BCUT2D eigenvalue weighted by atomic mass is 10.1. The summed E-state index contributed by atoms with van der Waals surface area (Å²) in [7, 11) is 0. The summed E-state index contributed by atoms with van der Waals surface area (Å²) in [6, 6.07) is 15.0. The lowest BCUT2D eigenvalue weighted by molar-refractivity contribution is -0.117. The number of carbonyl (C=O) groups is 1. The Morgan fingerprint density at radius 3 is 2.61 bits per heavy atom. The summed E-state index contributed by atoms with van der Waals surface area (Å²) in [5.74, 6) is -0.414. The maximum Gasteiger partial charge on any atom is 0.262 e. The number of aryl methyl sites for hydroxylation is 1. The second-order valence-electron chi connectivity index (χ2n) is 5.16. The maximum atomic E-state index is 12.3. The number of pyridine rings is 1. The van der Waals surface area contributed by atoms with E-state index in [2.05, 4.69) is 26.2 Å². The van der Waals surface area contributed by atoms with Gasteiger partial charge in [-0.1, -0.05) is 35.9 Å². The number of nitrogens with one attached hydrogen (secondary N) is 1. The SMILES string of the molecule is Cc1ccc([C@H](C)NC(=O)/C(C#N)=C/c2cccc(Br)n2)cc1. The van der Waals surface area contributed by atoms with Gasteiger partial charge < -0.3 is 5.32 Å². The van der Waals surface area contributed by atoms with Gasteiger partial charge in [-0.2, -0.15) is 5.26 Å². The van der Waals surface area contributed by atoms with E-state index < -0.39 is 5.91 Å². The zero-order chi connectivity index (χ0) is 16.8. The van der Waals surface area contributed by atoms with Crippen molar-refractivity contribution in [1.29, 1.82) is 5.26 Å². The van der Waals surface area contributed by atoms with Crippen molar-refractivity contribution in [1.82, 2.24) is 10.3 Å². The van der Waals surface area contributed by atoms with Crippen LogP contribution in [0.25, 0.3) is 6.08 Å². The quantitative estimate of drug-likeness (QED) is 0.504. The molecule has 2 aromatic rings. The molecule has 4 nitrogen and oxygen atoms in total. The van der Waals surface area contributed by atoms with Crippen molar-refractivity contribution in [3.8, 4) is 6.07 Å². The summed E-state index contributed by atoms with van der Waals surface area (Å²) in [4.78, 5) is 16.5. The molecule has 0 fully saturated rings. The summed E-state index contributed by atoms with van der Waals surface area (Å²) in [5.41, 5.74) is 2.72. The van der Waals surface area contributed by atoms with Gasteiger partial charge >= 0.3 is 0 Å². The highest BCUT2D eigenvalue weighted by Crippen LogP contribution is 2.15. The lowest BCUT2D eigenvalue weighted by Crippen LogP contribution is -2.27. The lowest BCUT2D eigenvalue weighted by Gasteiger charge is -2.14. The van der Waals surface area contributed by atoms with Crippen LogP contribution in [0.15, 0.2) is 52.6 Å². The number of benzene rings is 1. The molecule has 0 spiro atoms. The second kappa shape index (κ2) is 7.70. The van der Waals surface area contributed by atoms with Crippen LogP contribution in [0.3, 0.4) is 0 Å². The molecule has 0 aliphatic carbocycles. The molecule has 0 radical (unpaired) electrons. The Morgan fingerprint density at radius 1 is 1.30 bits per heavy atom. The normalized spacial score (nSPS) is 12.3. The number of hydrogen-bond donors (Lipinski definition) is 1. The smallest absolute Gasteiger partial charge is 0.262 e. The van der Waals surface area contributed by atoms with Gasteiger partial charge in [0.1, 0.15) is 16.2 Å². The molecule has 1 aromatic heterocycles. The maximum absolute atomic E-state index is 12.3. The molecule has 23 heavy (non-hydrogen) atoms. The molecule has 0 aliphatic rings. The molecule has 5 heteroatoms. The van der Waals surface area contributed by atoms with Crippen molar-refractivity contribution in [3.05, 3.63) is 69.5 Å². The number of halogens is 1. The van der Waals surface area contributed by atoms with Crippen LogP contribution in [0, 0.1) is 18.3 Å². The number of rotatable bonds is 4. The van der Waals surface area contributed by atoms with E-state index in [1.807, 2.05) is 44.2 Å². The summed E-state index contributed by atoms with van der Waals surface area (Å²) in [5, 5.41) is 12.1. The zero-order valence-corrected chi connectivity index (χ0v) is 14.5. The molecule has 0 bridgehead atoms. The number of carbonyl (C=O) groups excluding carboxylic acids is 1. The highest BCUT2D eigenvalue weighted by molar-refractivity contribution is 9.10. The van der Waals surface area contributed by atoms with E-state index in [4.69, 9.17) is 0 Å². The number of nitrogens with zero attached hydrogens (tertiary/aromatic N) is 2. The zero-order valence-electron chi connectivity index (χ0n) is 12.9. The minimum absolute atomic E-state index is 0.0227. The van der Waals surface area contributed by atoms with Crippen molar-refractivity contribution in [2.45, 2.75) is 19.9 Å². The fraction of sp³-hybridized carbons (Fsp3) is 0.167. The Balaban J connectivity index is 2.14. The molecule has 1 heterocycles. The van der Waals surface area contributed by atoms with E-state index in [0.29, 0.717) is 10.3 Å². The third-order valence-corrected chi connectivity index (χ3v) is 3.76. The van der Waals surface area contributed by atoms with E-state index in [-0.39, 0.29) is 11.6 Å². The third kappa shape index (κ3) is 4.76. The van der Waals surface area contributed by atoms with Crippen LogP contribution < -0.4 is 5.32 Å². The topological polar surface area (TPSA) is 65.8 Å². The molecular formula is C18H16BrN3O. The summed E-state index contributed by atoms with van der Waals surface area (Å²) >= 11 is 3.26. The Bertz CT molecular complexity index is 776. The Labute approximate surface area is 144 Å².